The average Bonchev–Trinajstić information content (AvgIpc) is 3.23. The van der Waals surface area contributed by atoms with Crippen molar-refractivity contribution in [2.24, 2.45) is 0 Å². The number of piperidine rings is 1. The van der Waals surface area contributed by atoms with Crippen molar-refractivity contribution in [2.75, 3.05) is 6.54 Å². The topological polar surface area (TPSA) is 88.1 Å². The number of aromatic nitrogens is 3. The molecule has 8 heteroatoms. The van der Waals surface area contributed by atoms with Gasteiger partial charge in [-0.25, -0.2) is 15.0 Å². The SMILES string of the molecule is Cc1nc(C2CCCCN2C(=O)c2scnc2C)ncc1C(=O)NCc1ccccc1. The van der Waals surface area contributed by atoms with Gasteiger partial charge < -0.3 is 10.2 Å². The molecule has 0 aliphatic carbocycles. The molecule has 0 radical (unpaired) electrons. The van der Waals surface area contributed by atoms with Crippen LogP contribution in [0.4, 0.5) is 0 Å². The minimum atomic E-state index is -0.204. The van der Waals surface area contributed by atoms with E-state index in [1.165, 1.54) is 11.3 Å². The van der Waals surface area contributed by atoms with Crippen LogP contribution in [0.1, 0.15) is 68.1 Å². The Morgan fingerprint density at radius 1 is 1.13 bits per heavy atom. The lowest BCUT2D eigenvalue weighted by molar-refractivity contribution is 0.0603. The van der Waals surface area contributed by atoms with Gasteiger partial charge in [-0.15, -0.1) is 11.3 Å². The van der Waals surface area contributed by atoms with Crippen LogP contribution in [0.15, 0.2) is 42.0 Å². The maximum atomic E-state index is 13.1. The van der Waals surface area contributed by atoms with E-state index in [4.69, 9.17) is 0 Å². The number of likely N-dealkylation sites (tertiary alicyclic amines) is 1. The summed E-state index contributed by atoms with van der Waals surface area (Å²) in [5.41, 5.74) is 4.54. The summed E-state index contributed by atoms with van der Waals surface area (Å²) in [6.07, 6.45) is 4.35. The van der Waals surface area contributed by atoms with Crippen LogP contribution in [0.2, 0.25) is 0 Å². The van der Waals surface area contributed by atoms with Gasteiger partial charge in [0.25, 0.3) is 11.8 Å². The monoisotopic (exact) mass is 435 g/mol. The highest BCUT2D eigenvalue weighted by molar-refractivity contribution is 7.11. The zero-order chi connectivity index (χ0) is 21.8. The summed E-state index contributed by atoms with van der Waals surface area (Å²) in [7, 11) is 0. The molecule has 1 N–H and O–H groups in total. The molecule has 1 saturated heterocycles. The van der Waals surface area contributed by atoms with Crippen molar-refractivity contribution in [3.05, 3.63) is 75.3 Å². The number of hydrogen-bond donors (Lipinski definition) is 1. The fraction of sp³-hybridized carbons (Fsp3) is 0.348. The molecule has 3 aromatic rings. The van der Waals surface area contributed by atoms with Crippen LogP contribution in [0, 0.1) is 13.8 Å². The number of aryl methyl sites for hydroxylation is 2. The van der Waals surface area contributed by atoms with E-state index in [0.717, 1.165) is 30.5 Å². The summed E-state index contributed by atoms with van der Waals surface area (Å²) in [5, 5.41) is 2.92. The van der Waals surface area contributed by atoms with Crippen LogP contribution in [-0.4, -0.2) is 38.2 Å². The zero-order valence-electron chi connectivity index (χ0n) is 17.7. The molecule has 3 heterocycles. The van der Waals surface area contributed by atoms with Crippen LogP contribution in [0.3, 0.4) is 0 Å². The highest BCUT2D eigenvalue weighted by Crippen LogP contribution is 2.31. The Morgan fingerprint density at radius 2 is 1.94 bits per heavy atom. The third-order valence-electron chi connectivity index (χ3n) is 5.54. The summed E-state index contributed by atoms with van der Waals surface area (Å²) in [4.78, 5) is 41.6. The van der Waals surface area contributed by atoms with Crippen molar-refractivity contribution >= 4 is 23.2 Å². The fourth-order valence-electron chi connectivity index (χ4n) is 3.82. The summed E-state index contributed by atoms with van der Waals surface area (Å²) in [6, 6.07) is 9.56. The molecule has 7 nitrogen and oxygen atoms in total. The Kier molecular flexibility index (Phi) is 6.36. The summed E-state index contributed by atoms with van der Waals surface area (Å²) >= 11 is 1.37. The number of hydrogen-bond acceptors (Lipinski definition) is 6. The maximum Gasteiger partial charge on any atom is 0.266 e. The lowest BCUT2D eigenvalue weighted by Crippen LogP contribution is -2.39. The maximum absolute atomic E-state index is 13.1. The van der Waals surface area contributed by atoms with Gasteiger partial charge in [0.15, 0.2) is 5.82 Å². The number of carbonyl (C=O) groups excluding carboxylic acids is 2. The van der Waals surface area contributed by atoms with E-state index >= 15 is 0 Å². The molecule has 0 bridgehead atoms. The molecule has 0 spiro atoms. The zero-order valence-corrected chi connectivity index (χ0v) is 18.5. The van der Waals surface area contributed by atoms with E-state index in [1.807, 2.05) is 49.1 Å². The predicted molar refractivity (Wildman–Crippen MR) is 119 cm³/mol. The van der Waals surface area contributed by atoms with Gasteiger partial charge in [-0.1, -0.05) is 30.3 Å². The Balaban J connectivity index is 1.51. The van der Waals surface area contributed by atoms with Gasteiger partial charge in [-0.05, 0) is 38.7 Å². The van der Waals surface area contributed by atoms with Gasteiger partial charge in [0.1, 0.15) is 4.88 Å². The average molecular weight is 436 g/mol. The first-order valence-electron chi connectivity index (χ1n) is 10.4. The molecule has 1 atom stereocenters. The van der Waals surface area contributed by atoms with Gasteiger partial charge in [0, 0.05) is 19.3 Å². The smallest absolute Gasteiger partial charge is 0.266 e. The highest BCUT2D eigenvalue weighted by atomic mass is 32.1. The Bertz CT molecular complexity index is 1080. The number of nitrogens with zero attached hydrogens (tertiary/aromatic N) is 4. The number of carbonyl (C=O) groups is 2. The Labute approximate surface area is 185 Å². The quantitative estimate of drug-likeness (QED) is 0.658. The molecule has 160 valence electrons. The molecule has 1 aliphatic rings. The fourth-order valence-corrected chi connectivity index (χ4v) is 4.58. The summed E-state index contributed by atoms with van der Waals surface area (Å²) < 4.78 is 0. The van der Waals surface area contributed by atoms with E-state index in [-0.39, 0.29) is 17.9 Å². The van der Waals surface area contributed by atoms with Crippen LogP contribution in [-0.2, 0) is 6.54 Å². The molecule has 4 rings (SSSR count). The summed E-state index contributed by atoms with van der Waals surface area (Å²) in [6.45, 7) is 4.78. The van der Waals surface area contributed by atoms with Crippen LogP contribution in [0.5, 0.6) is 0 Å². The van der Waals surface area contributed by atoms with Crippen molar-refractivity contribution in [1.29, 1.82) is 0 Å². The van der Waals surface area contributed by atoms with Crippen LogP contribution in [0.25, 0.3) is 0 Å². The summed E-state index contributed by atoms with van der Waals surface area (Å²) in [5.74, 6) is 0.368. The van der Waals surface area contributed by atoms with Gasteiger partial charge in [-0.3, -0.25) is 9.59 Å². The lowest BCUT2D eigenvalue weighted by Gasteiger charge is -2.34. The molecule has 1 unspecified atom stereocenters. The van der Waals surface area contributed by atoms with E-state index in [9.17, 15) is 9.59 Å². The largest absolute Gasteiger partial charge is 0.348 e. The molecule has 31 heavy (non-hydrogen) atoms. The normalized spacial score (nSPS) is 16.2. The molecule has 2 aromatic heterocycles. The van der Waals surface area contributed by atoms with Crippen molar-refractivity contribution < 1.29 is 9.59 Å². The number of rotatable bonds is 5. The standard InChI is InChI=1S/C23H25N5O2S/c1-15-18(22(29)25-12-17-8-4-3-5-9-17)13-24-21(27-15)19-10-6-7-11-28(19)23(30)20-16(2)26-14-31-20/h3-5,8-9,13-14,19H,6-7,10-12H2,1-2H3,(H,25,29). The minimum Gasteiger partial charge on any atom is -0.348 e. The molecule has 0 saturated carbocycles. The molecule has 1 aliphatic heterocycles. The van der Waals surface area contributed by atoms with E-state index in [2.05, 4.69) is 20.3 Å². The number of thiazole rings is 1. The highest BCUT2D eigenvalue weighted by Gasteiger charge is 2.32. The van der Waals surface area contributed by atoms with Crippen LogP contribution < -0.4 is 5.32 Å². The van der Waals surface area contributed by atoms with Gasteiger partial charge in [0.2, 0.25) is 0 Å². The second kappa shape index (κ2) is 9.34. The number of amides is 2. The molecule has 2 amide bonds. The Morgan fingerprint density at radius 3 is 2.65 bits per heavy atom. The van der Waals surface area contributed by atoms with Crippen LogP contribution >= 0.6 is 11.3 Å². The van der Waals surface area contributed by atoms with Gasteiger partial charge in [0.05, 0.1) is 28.5 Å². The molecular weight excluding hydrogens is 410 g/mol. The lowest BCUT2D eigenvalue weighted by atomic mass is 10.0. The van der Waals surface area contributed by atoms with Crippen molar-refractivity contribution in [2.45, 2.75) is 45.7 Å². The van der Waals surface area contributed by atoms with E-state index in [0.29, 0.717) is 35.0 Å². The first-order chi connectivity index (χ1) is 15.0. The first kappa shape index (κ1) is 21.1. The number of benzene rings is 1. The van der Waals surface area contributed by atoms with Gasteiger partial charge >= 0.3 is 0 Å². The first-order valence-corrected chi connectivity index (χ1v) is 11.3. The minimum absolute atomic E-state index is 0.0179. The molecule has 1 aromatic carbocycles. The molecule has 1 fully saturated rings. The van der Waals surface area contributed by atoms with Gasteiger partial charge in [-0.2, -0.15) is 0 Å². The predicted octanol–water partition coefficient (Wildman–Crippen LogP) is 3.85. The third kappa shape index (κ3) is 4.64. The number of nitrogens with one attached hydrogen (secondary N) is 1. The Hall–Kier alpha value is -3.13. The van der Waals surface area contributed by atoms with Crippen molar-refractivity contribution in [1.82, 2.24) is 25.2 Å². The second-order valence-corrected chi connectivity index (χ2v) is 8.53. The van der Waals surface area contributed by atoms with Crippen molar-refractivity contribution in [3.8, 4) is 0 Å². The molecular formula is C23H25N5O2S. The van der Waals surface area contributed by atoms with E-state index in [1.54, 1.807) is 11.7 Å². The second-order valence-electron chi connectivity index (χ2n) is 7.67. The third-order valence-corrected chi connectivity index (χ3v) is 6.46. The van der Waals surface area contributed by atoms with Crippen molar-refractivity contribution in [3.63, 3.8) is 0 Å². The van der Waals surface area contributed by atoms with E-state index < -0.39 is 0 Å².